The fourth-order valence-corrected chi connectivity index (χ4v) is 3.51. The van der Waals surface area contributed by atoms with Gasteiger partial charge in [-0.1, -0.05) is 19.1 Å². The molecule has 7 nitrogen and oxygen atoms in total. The second kappa shape index (κ2) is 7.73. The Balaban J connectivity index is 1.50. The highest BCUT2D eigenvalue weighted by Crippen LogP contribution is 2.25. The smallest absolute Gasteiger partial charge is 0.246 e. The van der Waals surface area contributed by atoms with Crippen LogP contribution < -0.4 is 10.2 Å². The summed E-state index contributed by atoms with van der Waals surface area (Å²) in [7, 11) is 0. The minimum Gasteiger partial charge on any atom is -0.356 e. The Bertz CT molecular complexity index is 927. The van der Waals surface area contributed by atoms with Crippen LogP contribution in [0.15, 0.2) is 36.8 Å². The van der Waals surface area contributed by atoms with Gasteiger partial charge in [0, 0.05) is 18.8 Å². The van der Waals surface area contributed by atoms with Crippen LogP contribution in [0.2, 0.25) is 0 Å². The van der Waals surface area contributed by atoms with E-state index in [1.54, 1.807) is 17.2 Å². The summed E-state index contributed by atoms with van der Waals surface area (Å²) in [5.74, 6) is 0.795. The lowest BCUT2D eigenvalue weighted by Crippen LogP contribution is -2.30. The molecule has 0 atom stereocenters. The number of aryl methyl sites for hydroxylation is 1. The number of hydrogen-bond donors (Lipinski definition) is 1. The van der Waals surface area contributed by atoms with E-state index in [4.69, 9.17) is 0 Å². The van der Waals surface area contributed by atoms with Gasteiger partial charge in [-0.15, -0.1) is 0 Å². The molecule has 3 aromatic rings. The molecule has 1 saturated heterocycles. The molecule has 0 radical (unpaired) electrons. The molecule has 0 aliphatic carbocycles. The molecule has 27 heavy (non-hydrogen) atoms. The average molecular weight is 364 g/mol. The quantitative estimate of drug-likeness (QED) is 0.753. The molecule has 1 fully saturated rings. The molecule has 0 unspecified atom stereocenters. The Labute approximate surface area is 158 Å². The molecule has 4 rings (SSSR count). The van der Waals surface area contributed by atoms with E-state index >= 15 is 0 Å². The van der Waals surface area contributed by atoms with E-state index < -0.39 is 0 Å². The molecule has 140 valence electrons. The van der Waals surface area contributed by atoms with Crippen molar-refractivity contribution in [3.63, 3.8) is 0 Å². The third-order valence-corrected chi connectivity index (χ3v) is 5.01. The van der Waals surface area contributed by atoms with Crippen LogP contribution in [0.1, 0.15) is 31.7 Å². The van der Waals surface area contributed by atoms with Gasteiger partial charge in [-0.2, -0.15) is 5.10 Å². The van der Waals surface area contributed by atoms with Gasteiger partial charge in [0.2, 0.25) is 5.91 Å². The molecule has 0 bridgehead atoms. The first kappa shape index (κ1) is 17.5. The number of piperidine rings is 1. The second-order valence-corrected chi connectivity index (χ2v) is 6.88. The summed E-state index contributed by atoms with van der Waals surface area (Å²) in [4.78, 5) is 23.6. The normalized spacial score (nSPS) is 14.5. The van der Waals surface area contributed by atoms with Gasteiger partial charge in [-0.05, 0) is 43.4 Å². The third kappa shape index (κ3) is 3.77. The van der Waals surface area contributed by atoms with E-state index in [2.05, 4.69) is 32.2 Å². The number of anilines is 2. The van der Waals surface area contributed by atoms with Crippen molar-refractivity contribution in [1.82, 2.24) is 19.7 Å². The molecule has 7 heteroatoms. The number of nitrogens with one attached hydrogen (secondary N) is 1. The summed E-state index contributed by atoms with van der Waals surface area (Å²) in [6.07, 6.45) is 7.93. The molecule has 0 spiro atoms. The lowest BCUT2D eigenvalue weighted by Gasteiger charge is -2.27. The van der Waals surface area contributed by atoms with Crippen LogP contribution in [0.25, 0.3) is 11.0 Å². The predicted molar refractivity (Wildman–Crippen MR) is 106 cm³/mol. The minimum absolute atomic E-state index is 0.121. The number of amides is 1. The van der Waals surface area contributed by atoms with Crippen LogP contribution in [0.3, 0.4) is 0 Å². The molecule has 2 aromatic heterocycles. The van der Waals surface area contributed by atoms with Gasteiger partial charge in [-0.3, -0.25) is 4.79 Å². The Morgan fingerprint density at radius 1 is 1.11 bits per heavy atom. The number of benzene rings is 1. The molecule has 3 heterocycles. The van der Waals surface area contributed by atoms with Gasteiger partial charge >= 0.3 is 0 Å². The number of fused-ring (bicyclic) bond motifs is 1. The third-order valence-electron chi connectivity index (χ3n) is 5.01. The highest BCUT2D eigenvalue weighted by atomic mass is 16.2. The first-order valence-electron chi connectivity index (χ1n) is 9.55. The summed E-state index contributed by atoms with van der Waals surface area (Å²) < 4.78 is 1.64. The number of hydrogen-bond acceptors (Lipinski definition) is 5. The monoisotopic (exact) mass is 364 g/mol. The zero-order valence-corrected chi connectivity index (χ0v) is 15.6. The number of nitrogens with zero attached hydrogens (tertiary/aromatic N) is 5. The SMILES string of the molecule is CCc1ccc(NC(=O)Cn2ncc3c(N4CCCCC4)ncnc32)cc1. The Hall–Kier alpha value is -2.96. The van der Waals surface area contributed by atoms with Crippen LogP contribution >= 0.6 is 0 Å². The van der Waals surface area contributed by atoms with E-state index in [9.17, 15) is 4.79 Å². The molecule has 0 saturated carbocycles. The summed E-state index contributed by atoms with van der Waals surface area (Å²) in [6, 6.07) is 7.90. The fraction of sp³-hybridized carbons (Fsp3) is 0.400. The molecule has 1 aromatic carbocycles. The van der Waals surface area contributed by atoms with Gasteiger partial charge in [0.05, 0.1) is 11.6 Å². The van der Waals surface area contributed by atoms with Crippen LogP contribution in [0.5, 0.6) is 0 Å². The second-order valence-electron chi connectivity index (χ2n) is 6.88. The van der Waals surface area contributed by atoms with E-state index in [-0.39, 0.29) is 12.5 Å². The van der Waals surface area contributed by atoms with Gasteiger partial charge in [0.25, 0.3) is 0 Å². The maximum absolute atomic E-state index is 12.4. The van der Waals surface area contributed by atoms with E-state index in [0.717, 1.165) is 36.4 Å². The molecule has 1 amide bonds. The Morgan fingerprint density at radius 3 is 2.63 bits per heavy atom. The molecular formula is C20H24N6O. The fourth-order valence-electron chi connectivity index (χ4n) is 3.51. The van der Waals surface area contributed by atoms with Crippen molar-refractivity contribution in [3.05, 3.63) is 42.4 Å². The standard InChI is InChI=1S/C20H24N6O/c1-2-15-6-8-16(9-7-15)24-18(27)13-26-20-17(12-23-26)19(21-14-22-20)25-10-4-3-5-11-25/h6-9,12,14H,2-5,10-11,13H2,1H3,(H,24,27). The van der Waals surface area contributed by atoms with Crippen molar-refractivity contribution in [3.8, 4) is 0 Å². The largest absolute Gasteiger partial charge is 0.356 e. The van der Waals surface area contributed by atoms with Crippen LogP contribution in [0.4, 0.5) is 11.5 Å². The lowest BCUT2D eigenvalue weighted by molar-refractivity contribution is -0.116. The van der Waals surface area contributed by atoms with Crippen molar-refractivity contribution in [2.24, 2.45) is 0 Å². The topological polar surface area (TPSA) is 75.9 Å². The zero-order chi connectivity index (χ0) is 18.6. The molecular weight excluding hydrogens is 340 g/mol. The van der Waals surface area contributed by atoms with Crippen molar-refractivity contribution >= 4 is 28.4 Å². The van der Waals surface area contributed by atoms with Crippen LogP contribution in [0, 0.1) is 0 Å². The predicted octanol–water partition coefficient (Wildman–Crippen LogP) is 3.02. The Kier molecular flexibility index (Phi) is 5.00. The summed E-state index contributed by atoms with van der Waals surface area (Å²) >= 11 is 0. The van der Waals surface area contributed by atoms with Crippen molar-refractivity contribution < 1.29 is 4.79 Å². The molecule has 1 N–H and O–H groups in total. The summed E-state index contributed by atoms with van der Waals surface area (Å²) in [5, 5.41) is 8.21. The number of aromatic nitrogens is 4. The van der Waals surface area contributed by atoms with Gasteiger partial charge < -0.3 is 10.2 Å². The zero-order valence-electron chi connectivity index (χ0n) is 15.6. The van der Waals surface area contributed by atoms with E-state index in [0.29, 0.717) is 5.65 Å². The van der Waals surface area contributed by atoms with Gasteiger partial charge in [-0.25, -0.2) is 14.6 Å². The van der Waals surface area contributed by atoms with Crippen LogP contribution in [-0.2, 0) is 17.8 Å². The van der Waals surface area contributed by atoms with Gasteiger partial charge in [0.1, 0.15) is 18.7 Å². The first-order chi connectivity index (χ1) is 13.2. The van der Waals surface area contributed by atoms with Crippen molar-refractivity contribution in [2.45, 2.75) is 39.2 Å². The number of rotatable bonds is 5. The van der Waals surface area contributed by atoms with E-state index in [1.165, 1.54) is 24.8 Å². The van der Waals surface area contributed by atoms with E-state index in [1.807, 2.05) is 24.3 Å². The number of carbonyl (C=O) groups is 1. The minimum atomic E-state index is -0.123. The highest BCUT2D eigenvalue weighted by molar-refractivity contribution is 5.92. The highest BCUT2D eigenvalue weighted by Gasteiger charge is 2.18. The van der Waals surface area contributed by atoms with Crippen molar-refractivity contribution in [2.75, 3.05) is 23.3 Å². The Morgan fingerprint density at radius 2 is 1.89 bits per heavy atom. The summed E-state index contributed by atoms with van der Waals surface area (Å²) in [5.41, 5.74) is 2.73. The molecule has 1 aliphatic heterocycles. The maximum Gasteiger partial charge on any atom is 0.246 e. The lowest BCUT2D eigenvalue weighted by atomic mass is 10.1. The first-order valence-corrected chi connectivity index (χ1v) is 9.55. The average Bonchev–Trinajstić information content (AvgIpc) is 3.12. The molecule has 1 aliphatic rings. The summed E-state index contributed by atoms with van der Waals surface area (Å²) in [6.45, 7) is 4.24. The van der Waals surface area contributed by atoms with Crippen molar-refractivity contribution in [1.29, 1.82) is 0 Å². The van der Waals surface area contributed by atoms with Gasteiger partial charge in [0.15, 0.2) is 5.65 Å². The number of carbonyl (C=O) groups excluding carboxylic acids is 1. The maximum atomic E-state index is 12.4. The van der Waals surface area contributed by atoms with Crippen LogP contribution in [-0.4, -0.2) is 38.7 Å².